The molecule has 2 aromatic rings. The lowest BCUT2D eigenvalue weighted by Gasteiger charge is -2.24. The molecule has 0 radical (unpaired) electrons. The van der Waals surface area contributed by atoms with Gasteiger partial charge in [0, 0.05) is 25.0 Å². The van der Waals surface area contributed by atoms with Crippen LogP contribution in [0.15, 0.2) is 41.4 Å². The number of hydrogen-bond acceptors (Lipinski definition) is 2. The highest BCUT2D eigenvalue weighted by Crippen LogP contribution is 2.34. The molecule has 0 unspecified atom stereocenters. The summed E-state index contributed by atoms with van der Waals surface area (Å²) in [5.41, 5.74) is 3.57. The van der Waals surface area contributed by atoms with Crippen LogP contribution in [0, 0.1) is 0 Å². The van der Waals surface area contributed by atoms with Crippen LogP contribution in [0.5, 0.6) is 0 Å². The molecule has 1 fully saturated rings. The van der Waals surface area contributed by atoms with Gasteiger partial charge in [-0.25, -0.2) is 8.42 Å². The fraction of sp³-hybridized carbons (Fsp3) is 0.474. The first-order valence-electron chi connectivity index (χ1n) is 8.79. The molecule has 4 nitrogen and oxygen atoms in total. The Morgan fingerprint density at radius 2 is 1.88 bits per heavy atom. The summed E-state index contributed by atoms with van der Waals surface area (Å²) in [6.07, 6.45) is 8.34. The van der Waals surface area contributed by atoms with Crippen LogP contribution in [0.3, 0.4) is 0 Å². The van der Waals surface area contributed by atoms with Crippen molar-refractivity contribution in [2.45, 2.75) is 56.0 Å². The molecule has 5 heteroatoms. The second kappa shape index (κ2) is 6.05. The topological polar surface area (TPSA) is 42.3 Å². The number of rotatable bonds is 5. The molecule has 2 aliphatic rings. The fourth-order valence-electron chi connectivity index (χ4n) is 3.60. The number of sulfonamides is 1. The summed E-state index contributed by atoms with van der Waals surface area (Å²) in [4.78, 5) is 0.462. The Hall–Kier alpha value is -1.59. The molecule has 1 aromatic carbocycles. The van der Waals surface area contributed by atoms with Gasteiger partial charge in [-0.3, -0.25) is 0 Å². The molecule has 0 bridgehead atoms. The molecule has 24 heavy (non-hydrogen) atoms. The minimum atomic E-state index is -3.44. The molecular formula is C19H24N2O2S. The molecule has 0 saturated heterocycles. The number of aromatic nitrogens is 1. The van der Waals surface area contributed by atoms with Crippen LogP contribution < -0.4 is 0 Å². The Morgan fingerprint density at radius 1 is 1.12 bits per heavy atom. The monoisotopic (exact) mass is 344 g/mol. The van der Waals surface area contributed by atoms with Crippen molar-refractivity contribution in [3.05, 3.63) is 53.3 Å². The molecule has 0 N–H and O–H groups in total. The van der Waals surface area contributed by atoms with E-state index in [1.165, 1.54) is 17.5 Å². The van der Waals surface area contributed by atoms with Crippen LogP contribution in [0.4, 0.5) is 0 Å². The molecule has 1 aromatic heterocycles. The van der Waals surface area contributed by atoms with Gasteiger partial charge in [0.1, 0.15) is 0 Å². The molecule has 0 spiro atoms. The highest BCUT2D eigenvalue weighted by atomic mass is 32.2. The Morgan fingerprint density at radius 3 is 2.54 bits per heavy atom. The SMILES string of the molecule is Cn1cccc1CN(C1CC1)S(=O)(=O)c1ccc2c(c1)CCCC2. The smallest absolute Gasteiger partial charge is 0.243 e. The van der Waals surface area contributed by atoms with Crippen molar-refractivity contribution in [2.75, 3.05) is 0 Å². The maximum atomic E-state index is 13.3. The van der Waals surface area contributed by atoms with Gasteiger partial charge in [-0.2, -0.15) is 4.31 Å². The second-order valence-corrected chi connectivity index (χ2v) is 8.92. The third kappa shape index (κ3) is 2.91. The van der Waals surface area contributed by atoms with E-state index >= 15 is 0 Å². The first-order chi connectivity index (χ1) is 11.6. The van der Waals surface area contributed by atoms with Gasteiger partial charge in [-0.1, -0.05) is 6.07 Å². The largest absolute Gasteiger partial charge is 0.353 e. The maximum Gasteiger partial charge on any atom is 0.243 e. The number of aryl methyl sites for hydroxylation is 3. The van der Waals surface area contributed by atoms with E-state index < -0.39 is 10.0 Å². The van der Waals surface area contributed by atoms with Crippen molar-refractivity contribution in [2.24, 2.45) is 7.05 Å². The fourth-order valence-corrected chi connectivity index (χ4v) is 5.31. The van der Waals surface area contributed by atoms with Crippen LogP contribution in [-0.4, -0.2) is 23.3 Å². The van der Waals surface area contributed by atoms with Crippen molar-refractivity contribution in [1.29, 1.82) is 0 Å². The molecule has 128 valence electrons. The molecule has 0 atom stereocenters. The molecule has 2 aliphatic carbocycles. The number of fused-ring (bicyclic) bond motifs is 1. The van der Waals surface area contributed by atoms with E-state index in [4.69, 9.17) is 0 Å². The Labute approximate surface area is 144 Å². The minimum Gasteiger partial charge on any atom is -0.353 e. The number of nitrogens with zero attached hydrogens (tertiary/aromatic N) is 2. The summed E-state index contributed by atoms with van der Waals surface area (Å²) in [5, 5.41) is 0. The predicted octanol–water partition coefficient (Wildman–Crippen LogP) is 3.26. The highest BCUT2D eigenvalue weighted by Gasteiger charge is 2.38. The van der Waals surface area contributed by atoms with E-state index in [0.717, 1.165) is 37.8 Å². The van der Waals surface area contributed by atoms with Crippen molar-refractivity contribution in [3.8, 4) is 0 Å². The molecule has 4 rings (SSSR count). The van der Waals surface area contributed by atoms with Gasteiger partial charge in [-0.05, 0) is 73.9 Å². The van der Waals surface area contributed by atoms with Gasteiger partial charge in [0.15, 0.2) is 0 Å². The average Bonchev–Trinajstić information content (AvgIpc) is 3.34. The van der Waals surface area contributed by atoms with Gasteiger partial charge in [-0.15, -0.1) is 0 Å². The Balaban J connectivity index is 1.67. The van der Waals surface area contributed by atoms with Gasteiger partial charge >= 0.3 is 0 Å². The van der Waals surface area contributed by atoms with E-state index in [-0.39, 0.29) is 6.04 Å². The standard InChI is InChI=1S/C19H24N2O2S/c1-20-12-4-7-18(20)14-21(17-9-10-17)24(22,23)19-11-8-15-5-2-3-6-16(15)13-19/h4,7-8,11-13,17H,2-3,5-6,9-10,14H2,1H3. The van der Waals surface area contributed by atoms with Crippen molar-refractivity contribution in [1.82, 2.24) is 8.87 Å². The van der Waals surface area contributed by atoms with Gasteiger partial charge in [0.05, 0.1) is 11.4 Å². The lowest BCUT2D eigenvalue weighted by atomic mass is 9.92. The first kappa shape index (κ1) is 15.9. The van der Waals surface area contributed by atoms with Gasteiger partial charge in [0.2, 0.25) is 10.0 Å². The summed E-state index contributed by atoms with van der Waals surface area (Å²) < 4.78 is 30.2. The Bertz CT molecular complexity index is 850. The average molecular weight is 344 g/mol. The number of benzene rings is 1. The highest BCUT2D eigenvalue weighted by molar-refractivity contribution is 7.89. The molecule has 0 aliphatic heterocycles. The normalized spacial score (nSPS) is 17.9. The van der Waals surface area contributed by atoms with Crippen LogP contribution in [0.25, 0.3) is 0 Å². The van der Waals surface area contributed by atoms with E-state index in [0.29, 0.717) is 11.4 Å². The van der Waals surface area contributed by atoms with Crippen LogP contribution in [0.2, 0.25) is 0 Å². The zero-order valence-corrected chi connectivity index (χ0v) is 14.9. The van der Waals surface area contributed by atoms with Crippen molar-refractivity contribution in [3.63, 3.8) is 0 Å². The quantitative estimate of drug-likeness (QED) is 0.835. The second-order valence-electron chi connectivity index (χ2n) is 7.03. The maximum absolute atomic E-state index is 13.3. The minimum absolute atomic E-state index is 0.154. The summed E-state index contributed by atoms with van der Waals surface area (Å²) in [6, 6.07) is 9.86. The summed E-state index contributed by atoms with van der Waals surface area (Å²) in [6.45, 7) is 0.452. The van der Waals surface area contributed by atoms with Crippen LogP contribution in [0.1, 0.15) is 42.5 Å². The molecular weight excluding hydrogens is 320 g/mol. The zero-order chi connectivity index (χ0) is 16.7. The van der Waals surface area contributed by atoms with E-state index in [1.807, 2.05) is 42.1 Å². The zero-order valence-electron chi connectivity index (χ0n) is 14.1. The lowest BCUT2D eigenvalue weighted by molar-refractivity contribution is 0.390. The van der Waals surface area contributed by atoms with E-state index in [9.17, 15) is 8.42 Å². The third-order valence-corrected chi connectivity index (χ3v) is 7.14. The summed E-state index contributed by atoms with van der Waals surface area (Å²) in [5.74, 6) is 0. The first-order valence-corrected chi connectivity index (χ1v) is 10.2. The van der Waals surface area contributed by atoms with Crippen molar-refractivity contribution < 1.29 is 8.42 Å². The Kier molecular flexibility index (Phi) is 4.01. The van der Waals surface area contributed by atoms with E-state index in [1.54, 1.807) is 10.4 Å². The molecule has 1 saturated carbocycles. The molecule has 1 heterocycles. The van der Waals surface area contributed by atoms with Crippen LogP contribution >= 0.6 is 0 Å². The van der Waals surface area contributed by atoms with Gasteiger partial charge < -0.3 is 4.57 Å². The molecule has 0 amide bonds. The van der Waals surface area contributed by atoms with Gasteiger partial charge in [0.25, 0.3) is 0 Å². The summed E-state index contributed by atoms with van der Waals surface area (Å²) in [7, 11) is -1.48. The lowest BCUT2D eigenvalue weighted by Crippen LogP contribution is -2.33. The predicted molar refractivity (Wildman–Crippen MR) is 94.2 cm³/mol. The van der Waals surface area contributed by atoms with Crippen molar-refractivity contribution >= 4 is 10.0 Å². The van der Waals surface area contributed by atoms with E-state index in [2.05, 4.69) is 0 Å². The number of hydrogen-bond donors (Lipinski definition) is 0. The van der Waals surface area contributed by atoms with Crippen LogP contribution in [-0.2, 0) is 36.5 Å². The summed E-state index contributed by atoms with van der Waals surface area (Å²) >= 11 is 0. The third-order valence-electron chi connectivity index (χ3n) is 5.25.